The fraction of sp³-hybridized carbons (Fsp3) is 0.241. The summed E-state index contributed by atoms with van der Waals surface area (Å²) in [5, 5.41) is 2.85. The number of carbonyl (C=O) groups is 1. The topological polar surface area (TPSA) is 42.0 Å². The van der Waals surface area contributed by atoms with Gasteiger partial charge in [0, 0.05) is 24.5 Å². The van der Waals surface area contributed by atoms with Crippen molar-refractivity contribution in [1.29, 1.82) is 0 Å². The molecule has 1 heterocycles. The van der Waals surface area contributed by atoms with Crippen molar-refractivity contribution in [3.05, 3.63) is 119 Å². The summed E-state index contributed by atoms with van der Waals surface area (Å²) in [6.07, 6.45) is 1.04. The van der Waals surface area contributed by atoms with E-state index >= 15 is 0 Å². The van der Waals surface area contributed by atoms with Crippen LogP contribution in [0.2, 0.25) is 0 Å². The summed E-state index contributed by atoms with van der Waals surface area (Å²) in [5.41, 5.74) is 0.482. The van der Waals surface area contributed by atoms with Crippen LogP contribution >= 0.6 is 0 Å². The van der Waals surface area contributed by atoms with E-state index in [0.29, 0.717) is 16.7 Å². The van der Waals surface area contributed by atoms with Crippen LogP contribution in [0.1, 0.15) is 47.6 Å². The zero-order valence-electron chi connectivity index (χ0n) is 20.5. The zero-order chi connectivity index (χ0) is 27.8. The number of aryl methyl sites for hydroxylation is 1. The van der Waals surface area contributed by atoms with Crippen molar-refractivity contribution in [2.24, 2.45) is 0 Å². The van der Waals surface area contributed by atoms with Crippen LogP contribution in [0.4, 0.5) is 26.3 Å². The summed E-state index contributed by atoms with van der Waals surface area (Å²) in [7, 11) is 0. The van der Waals surface area contributed by atoms with Gasteiger partial charge in [0.05, 0.1) is 11.1 Å². The van der Waals surface area contributed by atoms with E-state index in [0.717, 1.165) is 49.1 Å². The molecular formula is C29H26F6N2O. The molecule has 0 saturated carbocycles. The Morgan fingerprint density at radius 1 is 0.895 bits per heavy atom. The molecule has 3 nitrogen and oxygen atoms in total. The largest absolute Gasteiger partial charge is 0.416 e. The Bertz CT molecular complexity index is 1190. The molecular weight excluding hydrogens is 506 g/mol. The summed E-state index contributed by atoms with van der Waals surface area (Å²) in [4.78, 5) is 16.4. The van der Waals surface area contributed by atoms with Crippen LogP contribution in [-0.4, -0.2) is 16.9 Å². The normalized spacial score (nSPS) is 12.8. The lowest BCUT2D eigenvalue weighted by atomic mass is 9.95. The van der Waals surface area contributed by atoms with Crippen LogP contribution in [-0.2, 0) is 23.6 Å². The average molecular weight is 533 g/mol. The Labute approximate surface area is 216 Å². The molecule has 3 rings (SSSR count). The van der Waals surface area contributed by atoms with Gasteiger partial charge >= 0.3 is 12.4 Å². The predicted octanol–water partition coefficient (Wildman–Crippen LogP) is 7.63. The third-order valence-electron chi connectivity index (χ3n) is 5.77. The van der Waals surface area contributed by atoms with E-state index < -0.39 is 23.5 Å². The molecule has 1 amide bonds. The van der Waals surface area contributed by atoms with E-state index in [1.165, 1.54) is 42.5 Å². The van der Waals surface area contributed by atoms with Gasteiger partial charge in [-0.2, -0.15) is 26.3 Å². The molecule has 38 heavy (non-hydrogen) atoms. The lowest BCUT2D eigenvalue weighted by Crippen LogP contribution is -2.31. The van der Waals surface area contributed by atoms with Crippen molar-refractivity contribution in [2.75, 3.05) is 0 Å². The maximum Gasteiger partial charge on any atom is 0.416 e. The summed E-state index contributed by atoms with van der Waals surface area (Å²) < 4.78 is 77.9. The summed E-state index contributed by atoms with van der Waals surface area (Å²) in [6, 6.07) is 12.3. The summed E-state index contributed by atoms with van der Waals surface area (Å²) >= 11 is 0. The van der Waals surface area contributed by atoms with Gasteiger partial charge in [0.2, 0.25) is 5.91 Å². The van der Waals surface area contributed by atoms with Gasteiger partial charge in [-0.05, 0) is 78.8 Å². The van der Waals surface area contributed by atoms with Crippen molar-refractivity contribution in [2.45, 2.75) is 44.6 Å². The molecule has 0 aliphatic rings. The third-order valence-corrected chi connectivity index (χ3v) is 5.77. The molecule has 1 N–H and O–H groups in total. The fourth-order valence-corrected chi connectivity index (χ4v) is 3.79. The monoisotopic (exact) mass is 532 g/mol. The first-order valence-corrected chi connectivity index (χ1v) is 11.9. The molecule has 0 unspecified atom stereocenters. The van der Waals surface area contributed by atoms with Gasteiger partial charge in [-0.1, -0.05) is 42.5 Å². The lowest BCUT2D eigenvalue weighted by Gasteiger charge is -2.13. The predicted molar refractivity (Wildman–Crippen MR) is 134 cm³/mol. The second-order valence-corrected chi connectivity index (χ2v) is 8.75. The summed E-state index contributed by atoms with van der Waals surface area (Å²) in [6.45, 7) is 1.88. The molecule has 200 valence electrons. The van der Waals surface area contributed by atoms with Crippen molar-refractivity contribution in [1.82, 2.24) is 10.3 Å². The van der Waals surface area contributed by atoms with Crippen LogP contribution < -0.4 is 5.32 Å². The molecule has 0 fully saturated rings. The molecule has 1 aromatic heterocycles. The quantitative estimate of drug-likeness (QED) is 0.175. The number of amides is 1. The Morgan fingerprint density at radius 2 is 1.45 bits per heavy atom. The molecule has 2 aromatic carbocycles. The zero-order valence-corrected chi connectivity index (χ0v) is 20.5. The number of benzene rings is 2. The number of allylic oxidation sites excluding steroid dienone is 2. The number of hydrogen-bond donors (Lipinski definition) is 1. The number of pyridine rings is 1. The second-order valence-electron chi connectivity index (χ2n) is 8.75. The van der Waals surface area contributed by atoms with Gasteiger partial charge in [0.1, 0.15) is 0 Å². The SMILES string of the molecule is C[C@H](CCCc1cccnc1)NC(=O)/C=C/C=C(c1ccc(C(F)(F)F)cc1)c1ccc(C(F)(F)F)cc1. The number of carbonyl (C=O) groups excluding carboxylic acids is 1. The fourth-order valence-electron chi connectivity index (χ4n) is 3.79. The van der Waals surface area contributed by atoms with Crippen molar-refractivity contribution in [3.8, 4) is 0 Å². The van der Waals surface area contributed by atoms with Gasteiger partial charge < -0.3 is 5.32 Å². The van der Waals surface area contributed by atoms with E-state index in [1.807, 2.05) is 19.1 Å². The molecule has 3 aromatic rings. The van der Waals surface area contributed by atoms with E-state index in [2.05, 4.69) is 10.3 Å². The smallest absolute Gasteiger partial charge is 0.350 e. The van der Waals surface area contributed by atoms with Crippen LogP contribution in [0.25, 0.3) is 5.57 Å². The van der Waals surface area contributed by atoms with Gasteiger partial charge in [0.25, 0.3) is 0 Å². The third kappa shape index (κ3) is 8.61. The molecule has 0 spiro atoms. The first kappa shape index (κ1) is 28.7. The van der Waals surface area contributed by atoms with Crippen molar-refractivity contribution < 1.29 is 31.1 Å². The first-order chi connectivity index (χ1) is 17.9. The van der Waals surface area contributed by atoms with E-state index in [9.17, 15) is 31.1 Å². The number of aromatic nitrogens is 1. The highest BCUT2D eigenvalue weighted by atomic mass is 19.4. The maximum atomic E-state index is 13.0. The molecule has 0 aliphatic carbocycles. The highest BCUT2D eigenvalue weighted by Crippen LogP contribution is 2.33. The van der Waals surface area contributed by atoms with Crippen LogP contribution in [0.5, 0.6) is 0 Å². The molecule has 0 bridgehead atoms. The van der Waals surface area contributed by atoms with Gasteiger partial charge in [-0.15, -0.1) is 0 Å². The molecule has 9 heteroatoms. The molecule has 1 atom stereocenters. The highest BCUT2D eigenvalue weighted by molar-refractivity contribution is 5.89. The van der Waals surface area contributed by atoms with Crippen LogP contribution in [0, 0.1) is 0 Å². The van der Waals surface area contributed by atoms with Crippen molar-refractivity contribution in [3.63, 3.8) is 0 Å². The minimum atomic E-state index is -4.52. The molecule has 0 aliphatic heterocycles. The minimum absolute atomic E-state index is 0.0999. The number of rotatable bonds is 9. The summed E-state index contributed by atoms with van der Waals surface area (Å²) in [5.74, 6) is -0.366. The average Bonchev–Trinajstić information content (AvgIpc) is 2.86. The molecule has 0 saturated heterocycles. The number of halogens is 6. The van der Waals surface area contributed by atoms with Crippen LogP contribution in [0.15, 0.2) is 91.3 Å². The Morgan fingerprint density at radius 3 is 1.92 bits per heavy atom. The van der Waals surface area contributed by atoms with E-state index in [4.69, 9.17) is 0 Å². The molecule has 0 radical (unpaired) electrons. The van der Waals surface area contributed by atoms with Gasteiger partial charge in [0.15, 0.2) is 0 Å². The first-order valence-electron chi connectivity index (χ1n) is 11.9. The van der Waals surface area contributed by atoms with Crippen LogP contribution in [0.3, 0.4) is 0 Å². The maximum absolute atomic E-state index is 13.0. The number of nitrogens with one attached hydrogen (secondary N) is 1. The van der Waals surface area contributed by atoms with Gasteiger partial charge in [-0.3, -0.25) is 9.78 Å². The van der Waals surface area contributed by atoms with Gasteiger partial charge in [-0.25, -0.2) is 0 Å². The second kappa shape index (κ2) is 12.6. The minimum Gasteiger partial charge on any atom is -0.350 e. The Hall–Kier alpha value is -3.88. The number of hydrogen-bond acceptors (Lipinski definition) is 2. The standard InChI is InChI=1S/C29H26F6N2O/c1-20(5-2-6-21-7-4-18-36-19-21)37-27(38)9-3-8-26(22-10-14-24(15-11-22)28(30,31)32)23-12-16-25(17-13-23)29(33,34)35/h3-4,7-20H,2,5-6H2,1H3,(H,37,38)/b9-3+/t20-/m1/s1. The number of nitrogens with zero attached hydrogens (tertiary/aromatic N) is 1. The lowest BCUT2D eigenvalue weighted by molar-refractivity contribution is -0.138. The Kier molecular flexibility index (Phi) is 9.50. The number of alkyl halides is 6. The van der Waals surface area contributed by atoms with Crippen molar-refractivity contribution >= 4 is 11.5 Å². The van der Waals surface area contributed by atoms with E-state index in [-0.39, 0.29) is 11.9 Å². The Balaban J connectivity index is 1.72. The highest BCUT2D eigenvalue weighted by Gasteiger charge is 2.31. The van der Waals surface area contributed by atoms with E-state index in [1.54, 1.807) is 12.4 Å².